The van der Waals surface area contributed by atoms with Crippen LogP contribution >= 0.6 is 0 Å². The Balaban J connectivity index is 1.77. The van der Waals surface area contributed by atoms with Crippen molar-refractivity contribution >= 4 is 16.4 Å². The van der Waals surface area contributed by atoms with E-state index in [9.17, 15) is 17.8 Å². The van der Waals surface area contributed by atoms with E-state index in [-0.39, 0.29) is 49.0 Å². The van der Waals surface area contributed by atoms with Gasteiger partial charge in [-0.05, 0) is 35.7 Å². The summed E-state index contributed by atoms with van der Waals surface area (Å²) in [6.07, 6.45) is 0.272. The fourth-order valence-corrected chi connectivity index (χ4v) is 5.44. The molecular weight excluding hydrogens is 472 g/mol. The molecule has 34 heavy (non-hydrogen) atoms. The summed E-state index contributed by atoms with van der Waals surface area (Å²) in [7, 11) is -0.412. The van der Waals surface area contributed by atoms with E-state index < -0.39 is 22.2 Å². The molecular formula is C22H22O11S. The number of hydrogen-bond acceptors (Lipinski definition) is 10. The molecule has 0 unspecified atom stereocenters. The number of cyclic esters (lactones) is 1. The van der Waals surface area contributed by atoms with E-state index in [2.05, 4.69) is 0 Å². The number of carbonyl (C=O) groups excluding carboxylic acids is 1. The third-order valence-corrected chi connectivity index (χ3v) is 6.75. The van der Waals surface area contributed by atoms with Gasteiger partial charge in [-0.2, -0.15) is 8.42 Å². The Hall–Kier alpha value is -3.38. The lowest BCUT2D eigenvalue weighted by molar-refractivity contribution is -0.141. The Morgan fingerprint density at radius 3 is 2.29 bits per heavy atom. The zero-order chi connectivity index (χ0) is 24.2. The van der Waals surface area contributed by atoms with E-state index in [0.29, 0.717) is 33.9 Å². The molecule has 3 atom stereocenters. The number of methoxy groups -OCH3 is 3. The molecule has 2 aromatic rings. The minimum atomic E-state index is -4.87. The Morgan fingerprint density at radius 2 is 1.68 bits per heavy atom. The quantitative estimate of drug-likeness (QED) is 0.467. The fourth-order valence-electron chi connectivity index (χ4n) is 5.05. The Kier molecular flexibility index (Phi) is 5.36. The van der Waals surface area contributed by atoms with Crippen LogP contribution in [0.3, 0.4) is 0 Å². The van der Waals surface area contributed by atoms with E-state index in [1.54, 1.807) is 18.2 Å². The fraction of sp³-hybridized carbons (Fsp3) is 0.409. The number of ether oxygens (including phenoxy) is 6. The van der Waals surface area contributed by atoms with Crippen LogP contribution in [0.1, 0.15) is 22.6 Å². The largest absolute Gasteiger partial charge is 0.493 e. The molecule has 0 saturated carbocycles. The van der Waals surface area contributed by atoms with Gasteiger partial charge in [-0.15, -0.1) is 0 Å². The van der Waals surface area contributed by atoms with Gasteiger partial charge in [0.2, 0.25) is 18.3 Å². The molecule has 0 spiro atoms. The summed E-state index contributed by atoms with van der Waals surface area (Å²) >= 11 is 0. The maximum atomic E-state index is 12.8. The van der Waals surface area contributed by atoms with Gasteiger partial charge in [0.05, 0.1) is 33.9 Å². The molecule has 3 aliphatic rings. The molecule has 1 saturated heterocycles. The number of fused-ring (bicyclic) bond motifs is 3. The number of benzene rings is 2. The molecule has 1 N–H and O–H groups in total. The van der Waals surface area contributed by atoms with Crippen LogP contribution in [0.2, 0.25) is 0 Å². The molecule has 12 heteroatoms. The second-order valence-electron chi connectivity index (χ2n) is 8.07. The molecule has 182 valence electrons. The van der Waals surface area contributed by atoms with Gasteiger partial charge in [0.15, 0.2) is 23.0 Å². The van der Waals surface area contributed by atoms with Gasteiger partial charge >= 0.3 is 16.4 Å². The number of rotatable bonds is 6. The minimum absolute atomic E-state index is 0.0729. The average molecular weight is 494 g/mol. The smallest absolute Gasteiger partial charge is 0.446 e. The van der Waals surface area contributed by atoms with Crippen molar-refractivity contribution in [3.63, 3.8) is 0 Å². The highest BCUT2D eigenvalue weighted by Gasteiger charge is 2.50. The first-order valence-corrected chi connectivity index (χ1v) is 11.7. The zero-order valence-electron chi connectivity index (χ0n) is 18.5. The van der Waals surface area contributed by atoms with Gasteiger partial charge in [-0.3, -0.25) is 9.35 Å². The van der Waals surface area contributed by atoms with Crippen LogP contribution in [-0.4, -0.2) is 53.7 Å². The van der Waals surface area contributed by atoms with Gasteiger partial charge in [-0.25, -0.2) is 0 Å². The Labute approximate surface area is 195 Å². The molecule has 0 amide bonds. The molecule has 0 radical (unpaired) electrons. The molecule has 0 aromatic heterocycles. The van der Waals surface area contributed by atoms with E-state index in [1.807, 2.05) is 0 Å². The van der Waals surface area contributed by atoms with Crippen LogP contribution in [-0.2, 0) is 26.4 Å². The summed E-state index contributed by atoms with van der Waals surface area (Å²) in [5.41, 5.74) is 1.71. The van der Waals surface area contributed by atoms with Crippen LogP contribution in [0.25, 0.3) is 0 Å². The van der Waals surface area contributed by atoms with Crippen LogP contribution in [0.4, 0.5) is 0 Å². The molecule has 11 nitrogen and oxygen atoms in total. The van der Waals surface area contributed by atoms with Crippen LogP contribution in [0.15, 0.2) is 18.2 Å². The normalized spacial score (nSPS) is 22.5. The molecule has 2 heterocycles. The monoisotopic (exact) mass is 494 g/mol. The summed E-state index contributed by atoms with van der Waals surface area (Å²) in [6.45, 7) is 0.00737. The third kappa shape index (κ3) is 3.53. The number of esters is 1. The highest BCUT2D eigenvalue weighted by atomic mass is 32.3. The van der Waals surface area contributed by atoms with Crippen molar-refractivity contribution in [2.45, 2.75) is 12.3 Å². The Bertz CT molecular complexity index is 1250. The van der Waals surface area contributed by atoms with E-state index in [0.717, 1.165) is 0 Å². The summed E-state index contributed by atoms with van der Waals surface area (Å²) in [6, 6.07) is 5.17. The first-order valence-electron chi connectivity index (χ1n) is 10.3. The summed E-state index contributed by atoms with van der Waals surface area (Å²) in [5.74, 6) is -0.478. The van der Waals surface area contributed by atoms with Crippen molar-refractivity contribution < 1.29 is 50.4 Å². The summed E-state index contributed by atoms with van der Waals surface area (Å²) in [4.78, 5) is 12.8. The lowest BCUT2D eigenvalue weighted by Gasteiger charge is -2.34. The first kappa shape index (κ1) is 22.4. The second kappa shape index (κ2) is 8.13. The highest BCUT2D eigenvalue weighted by molar-refractivity contribution is 7.81. The third-order valence-electron chi connectivity index (χ3n) is 6.37. The molecule has 2 aliphatic heterocycles. The lowest BCUT2D eigenvalue weighted by Crippen LogP contribution is -2.32. The van der Waals surface area contributed by atoms with Crippen molar-refractivity contribution in [1.82, 2.24) is 0 Å². The standard InChI is InChI=1S/C22H22O11S/c1-27-14-5-10(6-15(28-2)20(14)29-3)17-12-7-16-21(32-9-31-16)19(33-34(24,25)26)13(12)4-11-8-30-22(23)18(11)17/h5-7,11,17-18H,4,8-9H2,1-3H3,(H,24,25,26)/t11-,17+,18+/m1/s1. The van der Waals surface area contributed by atoms with Crippen molar-refractivity contribution in [3.8, 4) is 34.5 Å². The number of hydrogen-bond donors (Lipinski definition) is 1. The topological polar surface area (TPSA) is 136 Å². The molecule has 1 aliphatic carbocycles. The van der Waals surface area contributed by atoms with Gasteiger partial charge in [0, 0.05) is 17.4 Å². The maximum Gasteiger partial charge on any atom is 0.446 e. The predicted molar refractivity (Wildman–Crippen MR) is 114 cm³/mol. The van der Waals surface area contributed by atoms with Gasteiger partial charge in [0.25, 0.3) is 0 Å². The number of carbonyl (C=O) groups is 1. The van der Waals surface area contributed by atoms with Gasteiger partial charge < -0.3 is 32.6 Å². The SMILES string of the molecule is COc1cc([C@H]2c3cc4c(c(OS(=O)(=O)O)c3C[C@@H]3COC(=O)[C@@H]32)OCO4)cc(OC)c1OC. The second-order valence-corrected chi connectivity index (χ2v) is 9.10. The highest BCUT2D eigenvalue weighted by Crippen LogP contribution is 2.56. The summed E-state index contributed by atoms with van der Waals surface area (Å²) < 4.78 is 70.5. The lowest BCUT2D eigenvalue weighted by atomic mass is 9.67. The van der Waals surface area contributed by atoms with Crippen molar-refractivity contribution in [2.75, 3.05) is 34.7 Å². The van der Waals surface area contributed by atoms with Gasteiger partial charge in [0.1, 0.15) is 0 Å². The molecule has 5 rings (SSSR count). The van der Waals surface area contributed by atoms with Crippen LogP contribution in [0, 0.1) is 11.8 Å². The van der Waals surface area contributed by atoms with Crippen molar-refractivity contribution in [1.29, 1.82) is 0 Å². The van der Waals surface area contributed by atoms with Crippen molar-refractivity contribution in [2.24, 2.45) is 11.8 Å². The molecule has 1 fully saturated rings. The minimum Gasteiger partial charge on any atom is -0.493 e. The zero-order valence-corrected chi connectivity index (χ0v) is 19.3. The van der Waals surface area contributed by atoms with E-state index in [4.69, 9.17) is 32.6 Å². The van der Waals surface area contributed by atoms with Crippen LogP contribution in [0.5, 0.6) is 34.5 Å². The van der Waals surface area contributed by atoms with E-state index >= 15 is 0 Å². The average Bonchev–Trinajstić information content (AvgIpc) is 3.42. The first-order chi connectivity index (χ1) is 16.3. The van der Waals surface area contributed by atoms with Gasteiger partial charge in [-0.1, -0.05) is 0 Å². The van der Waals surface area contributed by atoms with E-state index in [1.165, 1.54) is 21.3 Å². The summed E-state index contributed by atoms with van der Waals surface area (Å²) in [5, 5.41) is 0. The van der Waals surface area contributed by atoms with Crippen molar-refractivity contribution in [3.05, 3.63) is 34.9 Å². The van der Waals surface area contributed by atoms with Crippen LogP contribution < -0.4 is 27.9 Å². The molecule has 0 bridgehead atoms. The predicted octanol–water partition coefficient (Wildman–Crippen LogP) is 2.10. The maximum absolute atomic E-state index is 12.8. The molecule has 2 aromatic carbocycles. The Morgan fingerprint density at radius 1 is 0.971 bits per heavy atom.